The van der Waals surface area contributed by atoms with Crippen LogP contribution in [0.1, 0.15) is 44.8 Å². The molecule has 3 N–H and O–H groups in total. The minimum atomic E-state index is -1.11. The highest BCUT2D eigenvalue weighted by molar-refractivity contribution is 7.17. The molecule has 1 fully saturated rings. The van der Waals surface area contributed by atoms with E-state index in [1.807, 2.05) is 17.9 Å². The first-order valence-electron chi connectivity index (χ1n) is 11.9. The lowest BCUT2D eigenvalue weighted by atomic mass is 10.0. The number of carbonyl (C=O) groups is 2. The molecule has 3 aromatic rings. The second-order valence-corrected chi connectivity index (χ2v) is 9.87. The Bertz CT molecular complexity index is 1360. The molecule has 3 aromatic heterocycles. The average molecular weight is 563 g/mol. The number of nitrogens with zero attached hydrogens (tertiary/aromatic N) is 6. The number of aromatic carboxylic acids is 1. The Kier molecular flexibility index (Phi) is 8.62. The summed E-state index contributed by atoms with van der Waals surface area (Å²) in [5.74, 6) is -1.21. The highest BCUT2D eigenvalue weighted by atomic mass is 35.5. The van der Waals surface area contributed by atoms with Crippen molar-refractivity contribution in [3.05, 3.63) is 33.2 Å². The number of carboxylic acid groups (broad SMARTS) is 1. The molecule has 38 heavy (non-hydrogen) atoms. The SMILES string of the molecule is CCO[C@H]1CN(c2nc(-c3ncnn3CCOC)c(C(=O)O)s2)CC[C@H]1NC(=O)c1[nH]c(C)c(Cl)c1C#N. The molecule has 0 unspecified atom stereocenters. The molecule has 0 bridgehead atoms. The second-order valence-electron chi connectivity index (χ2n) is 8.51. The number of carbonyl (C=O) groups excluding carboxylic acids is 1. The van der Waals surface area contributed by atoms with Gasteiger partial charge in [-0.15, -0.1) is 0 Å². The van der Waals surface area contributed by atoms with Crippen LogP contribution in [0.3, 0.4) is 0 Å². The number of ether oxygens (including phenoxy) is 2. The predicted molar refractivity (Wildman–Crippen MR) is 139 cm³/mol. The van der Waals surface area contributed by atoms with Gasteiger partial charge in [0.15, 0.2) is 11.0 Å². The van der Waals surface area contributed by atoms with E-state index >= 15 is 0 Å². The van der Waals surface area contributed by atoms with Crippen molar-refractivity contribution in [3.8, 4) is 17.6 Å². The van der Waals surface area contributed by atoms with E-state index in [0.717, 1.165) is 11.3 Å². The lowest BCUT2D eigenvalue weighted by molar-refractivity contribution is 0.0272. The van der Waals surface area contributed by atoms with Gasteiger partial charge in [-0.05, 0) is 20.3 Å². The minimum absolute atomic E-state index is 0.0538. The monoisotopic (exact) mass is 562 g/mol. The second kappa shape index (κ2) is 11.9. The number of methoxy groups -OCH3 is 1. The molecule has 1 saturated heterocycles. The summed E-state index contributed by atoms with van der Waals surface area (Å²) in [6.07, 6.45) is 1.46. The highest BCUT2D eigenvalue weighted by Crippen LogP contribution is 2.34. The molecule has 0 aromatic carbocycles. The van der Waals surface area contributed by atoms with Gasteiger partial charge < -0.3 is 29.8 Å². The molecule has 0 spiro atoms. The van der Waals surface area contributed by atoms with Crippen LogP contribution in [0, 0.1) is 18.3 Å². The van der Waals surface area contributed by atoms with Crippen LogP contribution in [0.4, 0.5) is 5.13 Å². The van der Waals surface area contributed by atoms with Gasteiger partial charge in [0.05, 0.1) is 30.3 Å². The molecule has 1 aliphatic heterocycles. The molecule has 15 heteroatoms. The van der Waals surface area contributed by atoms with Crippen LogP contribution in [0.15, 0.2) is 6.33 Å². The Morgan fingerprint density at radius 1 is 1.45 bits per heavy atom. The van der Waals surface area contributed by atoms with Crippen molar-refractivity contribution >= 4 is 39.9 Å². The number of halogens is 1. The van der Waals surface area contributed by atoms with Gasteiger partial charge in [-0.2, -0.15) is 10.4 Å². The van der Waals surface area contributed by atoms with Gasteiger partial charge >= 0.3 is 5.97 Å². The molecule has 202 valence electrons. The third-order valence-corrected chi connectivity index (χ3v) is 7.70. The summed E-state index contributed by atoms with van der Waals surface area (Å²) in [6.45, 7) is 5.60. The van der Waals surface area contributed by atoms with Crippen molar-refractivity contribution in [3.63, 3.8) is 0 Å². The topological polar surface area (TPSA) is 171 Å². The molecule has 1 amide bonds. The van der Waals surface area contributed by atoms with Gasteiger partial charge in [-0.1, -0.05) is 22.9 Å². The maximum Gasteiger partial charge on any atom is 0.348 e. The first-order valence-corrected chi connectivity index (χ1v) is 13.0. The summed E-state index contributed by atoms with van der Waals surface area (Å²) in [5.41, 5.74) is 0.983. The summed E-state index contributed by atoms with van der Waals surface area (Å²) in [4.78, 5) is 38.8. The van der Waals surface area contributed by atoms with Crippen molar-refractivity contribution < 1.29 is 24.2 Å². The first-order chi connectivity index (χ1) is 18.3. The molecule has 0 radical (unpaired) electrons. The van der Waals surface area contributed by atoms with Gasteiger partial charge in [0.1, 0.15) is 34.2 Å². The molecule has 4 heterocycles. The van der Waals surface area contributed by atoms with E-state index in [-0.39, 0.29) is 32.9 Å². The Balaban J connectivity index is 1.55. The lowest BCUT2D eigenvalue weighted by Crippen LogP contribution is -2.55. The van der Waals surface area contributed by atoms with E-state index in [2.05, 4.69) is 25.4 Å². The van der Waals surface area contributed by atoms with E-state index in [1.165, 1.54) is 6.33 Å². The normalized spacial score (nSPS) is 17.4. The zero-order valence-corrected chi connectivity index (χ0v) is 22.6. The van der Waals surface area contributed by atoms with Gasteiger partial charge in [-0.3, -0.25) is 4.79 Å². The molecule has 2 atom stereocenters. The molecule has 13 nitrogen and oxygen atoms in total. The van der Waals surface area contributed by atoms with E-state index < -0.39 is 18.0 Å². The van der Waals surface area contributed by atoms with Crippen molar-refractivity contribution in [1.29, 1.82) is 5.26 Å². The molecule has 1 aliphatic rings. The highest BCUT2D eigenvalue weighted by Gasteiger charge is 2.35. The van der Waals surface area contributed by atoms with E-state index in [1.54, 1.807) is 18.7 Å². The van der Waals surface area contributed by atoms with Crippen molar-refractivity contribution in [2.75, 3.05) is 38.3 Å². The van der Waals surface area contributed by atoms with E-state index in [0.29, 0.717) is 55.9 Å². The number of anilines is 1. The third-order valence-electron chi connectivity index (χ3n) is 6.12. The number of aryl methyl sites for hydroxylation is 1. The fourth-order valence-corrected chi connectivity index (χ4v) is 5.41. The number of aromatic nitrogens is 5. The quantitative estimate of drug-likeness (QED) is 0.333. The fourth-order valence-electron chi connectivity index (χ4n) is 4.29. The minimum Gasteiger partial charge on any atom is -0.477 e. The van der Waals surface area contributed by atoms with Crippen LogP contribution in [0.5, 0.6) is 0 Å². The largest absolute Gasteiger partial charge is 0.477 e. The number of rotatable bonds is 10. The van der Waals surface area contributed by atoms with Gasteiger partial charge in [0, 0.05) is 32.5 Å². The molecular formula is C23H27ClN8O5S. The predicted octanol–water partition coefficient (Wildman–Crippen LogP) is 2.32. The molecule has 0 saturated carbocycles. The number of aromatic amines is 1. The number of hydrogen-bond acceptors (Lipinski definition) is 10. The number of thiazole rings is 1. The standard InChI is InChI=1S/C23H27ClN8O5S/c1-4-37-15-10-31(6-5-14(15)29-21(33)17-13(9-25)16(24)12(2)28-17)23-30-18(19(38-23)22(34)35)20-26-11-27-32(20)7-8-36-3/h11,14-15,28H,4-8,10H2,1-3H3,(H,29,33)(H,34,35)/t14-,15+/m1/s1. The zero-order valence-electron chi connectivity index (χ0n) is 21.0. The number of amides is 1. The Hall–Kier alpha value is -3.51. The number of nitriles is 1. The van der Waals surface area contributed by atoms with Crippen LogP contribution in [-0.4, -0.2) is 87.3 Å². The fraction of sp³-hybridized carbons (Fsp3) is 0.478. The van der Waals surface area contributed by atoms with Crippen LogP contribution >= 0.6 is 22.9 Å². The Morgan fingerprint density at radius 3 is 2.92 bits per heavy atom. The first kappa shape index (κ1) is 27.5. The number of nitrogens with one attached hydrogen (secondary N) is 2. The number of piperidine rings is 1. The summed E-state index contributed by atoms with van der Waals surface area (Å²) in [6, 6.07) is 1.63. The zero-order chi connectivity index (χ0) is 27.4. The average Bonchev–Trinajstić information content (AvgIpc) is 3.61. The van der Waals surface area contributed by atoms with Crippen LogP contribution in [0.2, 0.25) is 5.02 Å². The van der Waals surface area contributed by atoms with Gasteiger partial charge in [-0.25, -0.2) is 19.4 Å². The number of hydrogen-bond donors (Lipinski definition) is 3. The van der Waals surface area contributed by atoms with Crippen LogP contribution in [-0.2, 0) is 16.0 Å². The maximum atomic E-state index is 13.0. The third kappa shape index (κ3) is 5.51. The van der Waals surface area contributed by atoms with E-state index in [4.69, 9.17) is 21.1 Å². The summed E-state index contributed by atoms with van der Waals surface area (Å²) in [5, 5.41) is 27.1. The molecule has 0 aliphatic carbocycles. The summed E-state index contributed by atoms with van der Waals surface area (Å²) < 4.78 is 12.6. The Labute approximate surface area is 227 Å². The smallest absolute Gasteiger partial charge is 0.348 e. The molecular weight excluding hydrogens is 536 g/mol. The van der Waals surface area contributed by atoms with Crippen LogP contribution in [0.25, 0.3) is 11.5 Å². The Morgan fingerprint density at radius 2 is 2.24 bits per heavy atom. The lowest BCUT2D eigenvalue weighted by Gasteiger charge is -2.38. The summed E-state index contributed by atoms with van der Waals surface area (Å²) >= 11 is 7.20. The van der Waals surface area contributed by atoms with Gasteiger partial charge in [0.25, 0.3) is 5.91 Å². The molecule has 4 rings (SSSR count). The van der Waals surface area contributed by atoms with Gasteiger partial charge in [0.2, 0.25) is 0 Å². The van der Waals surface area contributed by atoms with E-state index in [9.17, 15) is 20.0 Å². The van der Waals surface area contributed by atoms with Crippen LogP contribution < -0.4 is 10.2 Å². The number of H-pyrrole nitrogens is 1. The number of carboxylic acids is 1. The van der Waals surface area contributed by atoms with Crippen molar-refractivity contribution in [2.24, 2.45) is 0 Å². The van der Waals surface area contributed by atoms with Crippen molar-refractivity contribution in [2.45, 2.75) is 39.0 Å². The maximum absolute atomic E-state index is 13.0. The van der Waals surface area contributed by atoms with Crippen molar-refractivity contribution in [1.82, 2.24) is 30.0 Å². The summed E-state index contributed by atoms with van der Waals surface area (Å²) in [7, 11) is 1.57.